The van der Waals surface area contributed by atoms with Crippen LogP contribution in [0.1, 0.15) is 5.56 Å². The first-order chi connectivity index (χ1) is 8.11. The van der Waals surface area contributed by atoms with Crippen LogP contribution in [-0.2, 0) is 14.3 Å². The molecular formula is C12H12O4S. The molecule has 90 valence electrons. The molecule has 1 aromatic rings. The highest BCUT2D eigenvalue weighted by molar-refractivity contribution is 8.00. The Bertz CT molecular complexity index is 423. The molecule has 4 nitrogen and oxygen atoms in total. The van der Waals surface area contributed by atoms with Gasteiger partial charge in [-0.15, -0.1) is 11.8 Å². The molecule has 0 aliphatic rings. The predicted octanol–water partition coefficient (Wildman–Crippen LogP) is 2.05. The Kier molecular flexibility index (Phi) is 5.29. The zero-order valence-corrected chi connectivity index (χ0v) is 10.1. The van der Waals surface area contributed by atoms with Gasteiger partial charge in [0.1, 0.15) is 0 Å². The van der Waals surface area contributed by atoms with Gasteiger partial charge >= 0.3 is 11.9 Å². The van der Waals surface area contributed by atoms with Crippen LogP contribution in [0.15, 0.2) is 35.2 Å². The van der Waals surface area contributed by atoms with E-state index in [9.17, 15) is 9.59 Å². The van der Waals surface area contributed by atoms with Gasteiger partial charge in [-0.05, 0) is 23.8 Å². The number of methoxy groups -OCH3 is 1. The van der Waals surface area contributed by atoms with E-state index >= 15 is 0 Å². The van der Waals surface area contributed by atoms with Crippen LogP contribution in [0.25, 0.3) is 6.08 Å². The van der Waals surface area contributed by atoms with E-state index in [2.05, 4.69) is 4.74 Å². The molecule has 17 heavy (non-hydrogen) atoms. The molecule has 0 unspecified atom stereocenters. The van der Waals surface area contributed by atoms with E-state index in [0.29, 0.717) is 0 Å². The fraction of sp³-hybridized carbons (Fsp3) is 0.167. The van der Waals surface area contributed by atoms with Gasteiger partial charge in [-0.1, -0.05) is 12.1 Å². The second-order valence-electron chi connectivity index (χ2n) is 3.11. The van der Waals surface area contributed by atoms with Crippen molar-refractivity contribution in [3.63, 3.8) is 0 Å². The second kappa shape index (κ2) is 6.75. The van der Waals surface area contributed by atoms with Gasteiger partial charge in [0.25, 0.3) is 0 Å². The van der Waals surface area contributed by atoms with Crippen molar-refractivity contribution in [1.82, 2.24) is 0 Å². The highest BCUT2D eigenvalue weighted by atomic mass is 32.2. The predicted molar refractivity (Wildman–Crippen MR) is 65.9 cm³/mol. The van der Waals surface area contributed by atoms with E-state index in [4.69, 9.17) is 5.11 Å². The van der Waals surface area contributed by atoms with Crippen molar-refractivity contribution in [3.05, 3.63) is 35.9 Å². The molecule has 0 aliphatic carbocycles. The number of rotatable bonds is 5. The maximum Gasteiger partial charge on any atom is 0.330 e. The topological polar surface area (TPSA) is 63.6 Å². The van der Waals surface area contributed by atoms with Crippen molar-refractivity contribution >= 4 is 29.8 Å². The lowest BCUT2D eigenvalue weighted by molar-refractivity contribution is -0.135. The maximum absolute atomic E-state index is 10.9. The molecule has 0 saturated carbocycles. The van der Waals surface area contributed by atoms with Crippen molar-refractivity contribution in [2.45, 2.75) is 4.90 Å². The fourth-order valence-corrected chi connectivity index (χ4v) is 1.67. The lowest BCUT2D eigenvalue weighted by Crippen LogP contribution is -1.97. The van der Waals surface area contributed by atoms with Gasteiger partial charge in [0, 0.05) is 11.0 Å². The minimum atomic E-state index is -0.843. The van der Waals surface area contributed by atoms with Crippen LogP contribution in [0.4, 0.5) is 0 Å². The lowest BCUT2D eigenvalue weighted by atomic mass is 10.2. The van der Waals surface area contributed by atoms with Gasteiger partial charge in [0.2, 0.25) is 0 Å². The summed E-state index contributed by atoms with van der Waals surface area (Å²) in [5.41, 5.74) is 0.857. The third-order valence-corrected chi connectivity index (χ3v) is 2.85. The first-order valence-corrected chi connectivity index (χ1v) is 5.81. The summed E-state index contributed by atoms with van der Waals surface area (Å²) in [7, 11) is 1.32. The Labute approximate surface area is 103 Å². The molecule has 1 aromatic carbocycles. The van der Waals surface area contributed by atoms with Crippen molar-refractivity contribution < 1.29 is 19.4 Å². The van der Waals surface area contributed by atoms with Crippen LogP contribution in [0.2, 0.25) is 0 Å². The smallest absolute Gasteiger partial charge is 0.330 e. The standard InChI is InChI=1S/C12H12O4S/c1-16-12(15)7-4-9-2-5-10(6-3-9)17-8-11(13)14/h2-7H,8H2,1H3,(H,13,14)/b7-4+. The van der Waals surface area contributed by atoms with E-state index in [1.165, 1.54) is 24.9 Å². The molecule has 1 N–H and O–H groups in total. The Balaban J connectivity index is 2.58. The Morgan fingerprint density at radius 3 is 2.53 bits per heavy atom. The van der Waals surface area contributed by atoms with Crippen molar-refractivity contribution in [2.24, 2.45) is 0 Å². The molecular weight excluding hydrogens is 240 g/mol. The average Bonchev–Trinajstić information content (AvgIpc) is 2.34. The molecule has 0 amide bonds. The fourth-order valence-electron chi connectivity index (χ4n) is 1.05. The number of carbonyl (C=O) groups excluding carboxylic acids is 1. The second-order valence-corrected chi connectivity index (χ2v) is 4.16. The monoisotopic (exact) mass is 252 g/mol. The Hall–Kier alpha value is -1.75. The van der Waals surface area contributed by atoms with Gasteiger partial charge in [-0.25, -0.2) is 4.79 Å². The average molecular weight is 252 g/mol. The molecule has 0 saturated heterocycles. The summed E-state index contributed by atoms with van der Waals surface area (Å²) in [4.78, 5) is 22.1. The number of esters is 1. The summed E-state index contributed by atoms with van der Waals surface area (Å²) in [6.07, 6.45) is 2.97. The zero-order chi connectivity index (χ0) is 12.7. The third-order valence-electron chi connectivity index (χ3n) is 1.86. The van der Waals surface area contributed by atoms with Crippen molar-refractivity contribution in [3.8, 4) is 0 Å². The van der Waals surface area contributed by atoms with E-state index in [1.807, 2.05) is 24.3 Å². The third kappa shape index (κ3) is 5.21. The van der Waals surface area contributed by atoms with Crippen LogP contribution < -0.4 is 0 Å². The van der Waals surface area contributed by atoms with Crippen LogP contribution >= 0.6 is 11.8 Å². The highest BCUT2D eigenvalue weighted by Gasteiger charge is 1.99. The normalized spacial score (nSPS) is 10.4. The van der Waals surface area contributed by atoms with Gasteiger partial charge < -0.3 is 9.84 Å². The minimum Gasteiger partial charge on any atom is -0.481 e. The van der Waals surface area contributed by atoms with E-state index in [1.54, 1.807) is 6.08 Å². The summed E-state index contributed by atoms with van der Waals surface area (Å²) in [5, 5.41) is 8.52. The Morgan fingerprint density at radius 2 is 2.00 bits per heavy atom. The number of benzene rings is 1. The minimum absolute atomic E-state index is 0.0390. The molecule has 0 radical (unpaired) electrons. The number of carboxylic acids is 1. The summed E-state index contributed by atoms with van der Waals surface area (Å²) < 4.78 is 4.47. The van der Waals surface area contributed by atoms with E-state index < -0.39 is 11.9 Å². The summed E-state index contributed by atoms with van der Waals surface area (Å²) in [5.74, 6) is -1.21. The number of carbonyl (C=O) groups is 2. The van der Waals surface area contributed by atoms with Gasteiger partial charge in [0.15, 0.2) is 0 Å². The molecule has 0 heterocycles. The molecule has 0 aliphatic heterocycles. The van der Waals surface area contributed by atoms with Gasteiger partial charge in [-0.2, -0.15) is 0 Å². The van der Waals surface area contributed by atoms with E-state index in [-0.39, 0.29) is 5.75 Å². The number of hydrogen-bond donors (Lipinski definition) is 1. The summed E-state index contributed by atoms with van der Waals surface area (Å²) in [6, 6.07) is 7.24. The van der Waals surface area contributed by atoms with Gasteiger partial charge in [0.05, 0.1) is 12.9 Å². The molecule has 0 aromatic heterocycles. The number of carboxylic acid groups (broad SMARTS) is 1. The first kappa shape index (κ1) is 13.3. The van der Waals surface area contributed by atoms with Crippen molar-refractivity contribution in [1.29, 1.82) is 0 Å². The number of ether oxygens (including phenoxy) is 1. The quantitative estimate of drug-likeness (QED) is 0.493. The molecule has 1 rings (SSSR count). The molecule has 5 heteroatoms. The van der Waals surface area contributed by atoms with Crippen LogP contribution in [0.3, 0.4) is 0 Å². The molecule has 0 spiro atoms. The lowest BCUT2D eigenvalue weighted by Gasteiger charge is -1.99. The number of thioether (sulfide) groups is 1. The Morgan fingerprint density at radius 1 is 1.35 bits per heavy atom. The molecule has 0 fully saturated rings. The van der Waals surface area contributed by atoms with Crippen molar-refractivity contribution in [2.75, 3.05) is 12.9 Å². The van der Waals surface area contributed by atoms with Gasteiger partial charge in [-0.3, -0.25) is 4.79 Å². The van der Waals surface area contributed by atoms with Crippen LogP contribution in [0.5, 0.6) is 0 Å². The molecule has 0 atom stereocenters. The van der Waals surface area contributed by atoms with E-state index in [0.717, 1.165) is 10.5 Å². The zero-order valence-electron chi connectivity index (χ0n) is 9.25. The SMILES string of the molecule is COC(=O)/C=C/c1ccc(SCC(=O)O)cc1. The number of aliphatic carboxylic acids is 1. The maximum atomic E-state index is 10.9. The molecule has 0 bridgehead atoms. The first-order valence-electron chi connectivity index (χ1n) is 4.82. The largest absolute Gasteiger partial charge is 0.481 e. The summed E-state index contributed by atoms with van der Waals surface area (Å²) >= 11 is 1.25. The number of hydrogen-bond acceptors (Lipinski definition) is 4. The highest BCUT2D eigenvalue weighted by Crippen LogP contribution is 2.18. The van der Waals surface area contributed by atoms with Crippen LogP contribution in [-0.4, -0.2) is 29.9 Å². The summed E-state index contributed by atoms with van der Waals surface area (Å²) in [6.45, 7) is 0. The van der Waals surface area contributed by atoms with Crippen LogP contribution in [0, 0.1) is 0 Å².